The number of nitrogens with zero attached hydrogens (tertiary/aromatic N) is 1. The van der Waals surface area contributed by atoms with Crippen LogP contribution in [0.25, 0.3) is 0 Å². The zero-order valence-corrected chi connectivity index (χ0v) is 18.0. The molecule has 0 bridgehead atoms. The Kier molecular flexibility index (Phi) is 10.0. The highest BCUT2D eigenvalue weighted by Gasteiger charge is 2.08. The molecule has 0 heterocycles. The lowest BCUT2D eigenvalue weighted by Crippen LogP contribution is -2.41. The molecule has 1 amide bonds. The summed E-state index contributed by atoms with van der Waals surface area (Å²) in [5, 5.41) is 9.71. The number of carbonyl (C=O) groups is 1. The molecule has 26 heavy (non-hydrogen) atoms. The number of nitrogens with one attached hydrogen (secondary N) is 3. The molecule has 3 N–H and O–H groups in total. The quantitative estimate of drug-likeness (QED) is 0.254. The second-order valence-electron chi connectivity index (χ2n) is 5.51. The van der Waals surface area contributed by atoms with Gasteiger partial charge < -0.3 is 16.0 Å². The van der Waals surface area contributed by atoms with Gasteiger partial charge in [-0.3, -0.25) is 9.79 Å². The fourth-order valence-corrected chi connectivity index (χ4v) is 2.53. The van der Waals surface area contributed by atoms with Crippen LogP contribution in [-0.2, 0) is 6.54 Å². The fourth-order valence-electron chi connectivity index (χ4n) is 2.31. The number of amides is 1. The molecule has 0 spiro atoms. The summed E-state index contributed by atoms with van der Waals surface area (Å²) in [7, 11) is 1.72. The van der Waals surface area contributed by atoms with Gasteiger partial charge in [0.1, 0.15) is 0 Å². The molecule has 0 aliphatic heterocycles. The maximum absolute atomic E-state index is 12.1. The number of hydrogen-bond acceptors (Lipinski definition) is 2. The van der Waals surface area contributed by atoms with Crippen molar-refractivity contribution in [3.8, 4) is 0 Å². The second-order valence-corrected chi connectivity index (χ2v) is 5.92. The lowest BCUT2D eigenvalue weighted by molar-refractivity contribution is 0.0954. The Morgan fingerprint density at radius 3 is 2.35 bits per heavy atom. The van der Waals surface area contributed by atoms with E-state index in [1.165, 1.54) is 11.1 Å². The molecule has 7 heteroatoms. The molecule has 2 aromatic carbocycles. The minimum Gasteiger partial charge on any atom is -0.355 e. The topological polar surface area (TPSA) is 65.5 Å². The van der Waals surface area contributed by atoms with Crippen LogP contribution in [0.4, 0.5) is 0 Å². The summed E-state index contributed by atoms with van der Waals surface area (Å²) in [6, 6.07) is 15.2. The number of carbonyl (C=O) groups excluding carboxylic acids is 1. The van der Waals surface area contributed by atoms with Crippen LogP contribution in [0.15, 0.2) is 53.5 Å². The predicted octanol–water partition coefficient (Wildman–Crippen LogP) is 3.36. The summed E-state index contributed by atoms with van der Waals surface area (Å²) >= 11 is 6.01. The van der Waals surface area contributed by atoms with Gasteiger partial charge in [0, 0.05) is 26.7 Å². The van der Waals surface area contributed by atoms with Crippen LogP contribution in [0.2, 0.25) is 5.02 Å². The van der Waals surface area contributed by atoms with Crippen molar-refractivity contribution in [3.63, 3.8) is 0 Å². The first-order valence-corrected chi connectivity index (χ1v) is 8.51. The van der Waals surface area contributed by atoms with E-state index in [0.29, 0.717) is 36.2 Å². The summed E-state index contributed by atoms with van der Waals surface area (Å²) in [4.78, 5) is 16.2. The average molecular weight is 487 g/mol. The van der Waals surface area contributed by atoms with Gasteiger partial charge >= 0.3 is 0 Å². The molecular formula is C19H24ClIN4O. The number of hydrogen-bond donors (Lipinski definition) is 3. The highest BCUT2D eigenvalue weighted by atomic mass is 127. The Labute approximate surface area is 176 Å². The van der Waals surface area contributed by atoms with E-state index in [9.17, 15) is 4.79 Å². The molecule has 0 aromatic heterocycles. The Morgan fingerprint density at radius 2 is 1.65 bits per heavy atom. The average Bonchev–Trinajstić information content (AvgIpc) is 2.62. The van der Waals surface area contributed by atoms with Gasteiger partial charge in [0.05, 0.1) is 10.6 Å². The maximum Gasteiger partial charge on any atom is 0.252 e. The highest BCUT2D eigenvalue weighted by molar-refractivity contribution is 14.0. The van der Waals surface area contributed by atoms with Gasteiger partial charge in [0.25, 0.3) is 5.91 Å². The Bertz CT molecular complexity index is 752. The van der Waals surface area contributed by atoms with Crippen LogP contribution in [0, 0.1) is 6.92 Å². The van der Waals surface area contributed by atoms with Crippen molar-refractivity contribution in [1.82, 2.24) is 16.0 Å². The van der Waals surface area contributed by atoms with Gasteiger partial charge in [0.15, 0.2) is 5.96 Å². The molecule has 5 nitrogen and oxygen atoms in total. The van der Waals surface area contributed by atoms with Gasteiger partial charge in [-0.25, -0.2) is 0 Å². The third-order valence-corrected chi connectivity index (χ3v) is 4.08. The van der Waals surface area contributed by atoms with E-state index in [1.807, 2.05) is 12.1 Å². The van der Waals surface area contributed by atoms with Crippen LogP contribution in [0.3, 0.4) is 0 Å². The molecule has 140 valence electrons. The van der Waals surface area contributed by atoms with Gasteiger partial charge in [-0.1, -0.05) is 48.0 Å². The monoisotopic (exact) mass is 486 g/mol. The van der Waals surface area contributed by atoms with Crippen molar-refractivity contribution in [2.45, 2.75) is 13.5 Å². The lowest BCUT2D eigenvalue weighted by Gasteiger charge is -2.13. The first kappa shape index (κ1) is 22.2. The number of halogens is 2. The number of benzene rings is 2. The SMILES string of the molecule is CN=C(NCCNC(=O)c1ccccc1Cl)NCc1ccccc1C.I. The summed E-state index contributed by atoms with van der Waals surface area (Å²) in [6.45, 7) is 3.80. The Balaban J connectivity index is 0.00000338. The number of aliphatic imine (C=N–C) groups is 1. The summed E-state index contributed by atoms with van der Waals surface area (Å²) < 4.78 is 0. The molecule has 2 aromatic rings. The lowest BCUT2D eigenvalue weighted by atomic mass is 10.1. The van der Waals surface area contributed by atoms with E-state index in [0.717, 1.165) is 0 Å². The second kappa shape index (κ2) is 11.7. The molecule has 0 atom stereocenters. The maximum atomic E-state index is 12.1. The zero-order chi connectivity index (χ0) is 18.1. The van der Waals surface area contributed by atoms with E-state index in [1.54, 1.807) is 31.3 Å². The number of aryl methyl sites for hydroxylation is 1. The van der Waals surface area contributed by atoms with Gasteiger partial charge in [0.2, 0.25) is 0 Å². The first-order valence-electron chi connectivity index (χ1n) is 8.13. The van der Waals surface area contributed by atoms with Gasteiger partial charge in [-0.05, 0) is 30.2 Å². The van der Waals surface area contributed by atoms with Crippen LogP contribution in [-0.4, -0.2) is 32.0 Å². The number of guanidine groups is 1. The van der Waals surface area contributed by atoms with Gasteiger partial charge in [-0.15, -0.1) is 24.0 Å². The Morgan fingerprint density at radius 1 is 1.00 bits per heavy atom. The fraction of sp³-hybridized carbons (Fsp3) is 0.263. The van der Waals surface area contributed by atoms with E-state index in [-0.39, 0.29) is 29.9 Å². The molecule has 0 fully saturated rings. The van der Waals surface area contributed by atoms with Crippen LogP contribution in [0.5, 0.6) is 0 Å². The Hall–Kier alpha value is -1.80. The van der Waals surface area contributed by atoms with E-state index < -0.39 is 0 Å². The van der Waals surface area contributed by atoms with Crippen molar-refractivity contribution in [2.75, 3.05) is 20.1 Å². The third kappa shape index (κ3) is 6.84. The van der Waals surface area contributed by atoms with Crippen LogP contribution >= 0.6 is 35.6 Å². The zero-order valence-electron chi connectivity index (χ0n) is 14.9. The normalized spacial score (nSPS) is 10.7. The minimum absolute atomic E-state index is 0. The molecular weight excluding hydrogens is 463 g/mol. The molecule has 0 unspecified atom stereocenters. The van der Waals surface area contributed by atoms with E-state index >= 15 is 0 Å². The molecule has 2 rings (SSSR count). The smallest absolute Gasteiger partial charge is 0.252 e. The predicted molar refractivity (Wildman–Crippen MR) is 119 cm³/mol. The molecule has 0 saturated heterocycles. The van der Waals surface area contributed by atoms with Crippen molar-refractivity contribution < 1.29 is 4.79 Å². The summed E-state index contributed by atoms with van der Waals surface area (Å²) in [6.07, 6.45) is 0. The molecule has 0 saturated carbocycles. The minimum atomic E-state index is -0.185. The van der Waals surface area contributed by atoms with Crippen molar-refractivity contribution in [1.29, 1.82) is 0 Å². The largest absolute Gasteiger partial charge is 0.355 e. The van der Waals surface area contributed by atoms with Crippen molar-refractivity contribution in [2.24, 2.45) is 4.99 Å². The van der Waals surface area contributed by atoms with Crippen molar-refractivity contribution >= 4 is 47.4 Å². The first-order chi connectivity index (χ1) is 12.1. The standard InChI is InChI=1S/C19H23ClN4O.HI/c1-14-7-3-4-8-15(14)13-24-19(21-2)23-12-11-22-18(25)16-9-5-6-10-17(16)20;/h3-10H,11-13H2,1-2H3,(H,22,25)(H2,21,23,24);1H. The number of rotatable bonds is 6. The summed E-state index contributed by atoms with van der Waals surface area (Å²) in [5.74, 6) is 0.505. The van der Waals surface area contributed by atoms with E-state index in [4.69, 9.17) is 11.6 Å². The van der Waals surface area contributed by atoms with Crippen LogP contribution < -0.4 is 16.0 Å². The highest BCUT2D eigenvalue weighted by Crippen LogP contribution is 2.14. The van der Waals surface area contributed by atoms with Crippen LogP contribution in [0.1, 0.15) is 21.5 Å². The molecule has 0 aliphatic carbocycles. The van der Waals surface area contributed by atoms with Crippen molar-refractivity contribution in [3.05, 3.63) is 70.2 Å². The van der Waals surface area contributed by atoms with E-state index in [2.05, 4.69) is 40.0 Å². The third-order valence-electron chi connectivity index (χ3n) is 3.75. The molecule has 0 aliphatic rings. The van der Waals surface area contributed by atoms with Gasteiger partial charge in [-0.2, -0.15) is 0 Å². The summed E-state index contributed by atoms with van der Waals surface area (Å²) in [5.41, 5.74) is 2.93. The molecule has 0 radical (unpaired) electrons.